The van der Waals surface area contributed by atoms with Crippen LogP contribution in [0, 0.1) is 11.3 Å². The number of fused-ring (bicyclic) bond motifs is 4. The summed E-state index contributed by atoms with van der Waals surface area (Å²) in [7, 11) is 0. The molecular weight excluding hydrogens is 314 g/mol. The summed E-state index contributed by atoms with van der Waals surface area (Å²) in [6.45, 7) is 5.76. The predicted octanol–water partition coefficient (Wildman–Crippen LogP) is 3.28. The normalized spacial score (nSPS) is 29.3. The molecule has 3 N–H and O–H groups in total. The lowest BCUT2D eigenvalue weighted by atomic mass is 9.69. The summed E-state index contributed by atoms with van der Waals surface area (Å²) in [4.78, 5) is 18.2. The van der Waals surface area contributed by atoms with Crippen LogP contribution in [0.15, 0.2) is 35.7 Å². The molecule has 1 fully saturated rings. The molecule has 2 aromatic rings. The molecule has 3 aliphatic rings. The number of carbonyl (C=O) groups is 1. The van der Waals surface area contributed by atoms with Crippen LogP contribution in [0.1, 0.15) is 37.8 Å². The molecule has 0 saturated carbocycles. The lowest BCUT2D eigenvalue weighted by molar-refractivity contribution is -0.130. The molecule has 2 aliphatic heterocycles. The Hall–Kier alpha value is -2.56. The first-order chi connectivity index (χ1) is 11.8. The predicted molar refractivity (Wildman–Crippen MR) is 96.0 cm³/mol. The first-order valence-electron chi connectivity index (χ1n) is 8.75. The van der Waals surface area contributed by atoms with Crippen LogP contribution >= 0.6 is 0 Å². The van der Waals surface area contributed by atoms with Crippen LogP contribution in [0.5, 0.6) is 0 Å². The van der Waals surface area contributed by atoms with E-state index in [9.17, 15) is 9.90 Å². The molecule has 1 saturated heterocycles. The minimum absolute atomic E-state index is 0.0550. The van der Waals surface area contributed by atoms with E-state index < -0.39 is 0 Å². The number of aromatic nitrogens is 1. The Morgan fingerprint density at radius 2 is 2.16 bits per heavy atom. The third-order valence-electron chi connectivity index (χ3n) is 6.55. The van der Waals surface area contributed by atoms with Gasteiger partial charge in [-0.05, 0) is 50.3 Å². The maximum Gasteiger partial charge on any atom is 0.260 e. The van der Waals surface area contributed by atoms with Crippen molar-refractivity contribution in [2.45, 2.75) is 44.7 Å². The lowest BCUT2D eigenvalue weighted by Gasteiger charge is -2.37. The Kier molecular flexibility index (Phi) is 2.56. The van der Waals surface area contributed by atoms with E-state index in [1.54, 1.807) is 6.92 Å². The van der Waals surface area contributed by atoms with Crippen molar-refractivity contribution in [2.24, 2.45) is 5.92 Å². The Balaban J connectivity index is 1.78. The molecular formula is C20H21N3O2. The summed E-state index contributed by atoms with van der Waals surface area (Å²) >= 11 is 0. The van der Waals surface area contributed by atoms with Crippen molar-refractivity contribution in [2.75, 3.05) is 0 Å². The van der Waals surface area contributed by atoms with Crippen molar-refractivity contribution in [3.8, 4) is 0 Å². The smallest absolute Gasteiger partial charge is 0.260 e. The molecule has 5 nitrogen and oxygen atoms in total. The number of benzene rings is 1. The van der Waals surface area contributed by atoms with Gasteiger partial charge in [0.15, 0.2) is 0 Å². The second-order valence-electron chi connectivity index (χ2n) is 8.08. The fourth-order valence-electron chi connectivity index (χ4n) is 5.49. The van der Waals surface area contributed by atoms with Gasteiger partial charge in [0.25, 0.3) is 5.91 Å². The Bertz CT molecular complexity index is 998. The zero-order valence-electron chi connectivity index (χ0n) is 14.6. The SMILES string of the molecule is CC(=N)C1=C(O)[C@@H]2C3c4c[nH]c5cccc(c45)C[C@H]3C(C)(C)N2C1=O. The van der Waals surface area contributed by atoms with Crippen molar-refractivity contribution in [1.82, 2.24) is 9.88 Å². The van der Waals surface area contributed by atoms with E-state index in [1.807, 2.05) is 11.1 Å². The van der Waals surface area contributed by atoms with Crippen LogP contribution in [0.2, 0.25) is 0 Å². The molecule has 25 heavy (non-hydrogen) atoms. The average molecular weight is 335 g/mol. The zero-order valence-corrected chi connectivity index (χ0v) is 14.6. The number of carbonyl (C=O) groups excluding carboxylic acids is 1. The number of H-pyrrole nitrogens is 1. The Labute approximate surface area is 145 Å². The van der Waals surface area contributed by atoms with E-state index >= 15 is 0 Å². The van der Waals surface area contributed by atoms with Crippen molar-refractivity contribution >= 4 is 22.5 Å². The number of amides is 1. The molecule has 5 rings (SSSR count). The van der Waals surface area contributed by atoms with Gasteiger partial charge in [-0.15, -0.1) is 0 Å². The highest BCUT2D eigenvalue weighted by Gasteiger charge is 2.62. The molecule has 1 aliphatic carbocycles. The van der Waals surface area contributed by atoms with Crippen molar-refractivity contribution in [1.29, 1.82) is 5.41 Å². The van der Waals surface area contributed by atoms with Gasteiger partial charge >= 0.3 is 0 Å². The van der Waals surface area contributed by atoms with Gasteiger partial charge in [-0.2, -0.15) is 0 Å². The Morgan fingerprint density at radius 3 is 2.88 bits per heavy atom. The molecule has 3 atom stereocenters. The third kappa shape index (κ3) is 1.54. The van der Waals surface area contributed by atoms with E-state index in [1.165, 1.54) is 16.5 Å². The van der Waals surface area contributed by atoms with Crippen molar-refractivity contribution in [3.63, 3.8) is 0 Å². The van der Waals surface area contributed by atoms with Gasteiger partial charge in [-0.25, -0.2) is 0 Å². The summed E-state index contributed by atoms with van der Waals surface area (Å²) < 4.78 is 0. The van der Waals surface area contributed by atoms with Gasteiger partial charge in [-0.1, -0.05) is 12.1 Å². The van der Waals surface area contributed by atoms with Crippen molar-refractivity contribution < 1.29 is 9.90 Å². The standard InChI is InChI=1S/C20H21N3O2/c1-9(21)14-18(24)17-16-11-8-22-13-6-4-5-10(15(11)13)7-12(16)20(2,3)23(17)19(14)25/h4-6,8,12,16-17,21-22,24H,7H2,1-3H3/t12-,16?,17+/m1/s1. The first-order valence-corrected chi connectivity index (χ1v) is 8.75. The van der Waals surface area contributed by atoms with Gasteiger partial charge in [-0.3, -0.25) is 4.79 Å². The van der Waals surface area contributed by atoms with Crippen LogP contribution < -0.4 is 0 Å². The highest BCUT2D eigenvalue weighted by atomic mass is 16.3. The van der Waals surface area contributed by atoms with E-state index in [2.05, 4.69) is 37.0 Å². The molecule has 3 heterocycles. The molecule has 1 unspecified atom stereocenters. The maximum atomic E-state index is 13.0. The number of aliphatic hydroxyl groups excluding tert-OH is 1. The van der Waals surface area contributed by atoms with Gasteiger partial charge in [0.1, 0.15) is 5.76 Å². The van der Waals surface area contributed by atoms with E-state index in [0.717, 1.165) is 11.9 Å². The second kappa shape index (κ2) is 4.34. The number of nitrogens with zero attached hydrogens (tertiary/aromatic N) is 1. The van der Waals surface area contributed by atoms with Crippen LogP contribution in [-0.2, 0) is 11.2 Å². The first kappa shape index (κ1) is 14.8. The minimum atomic E-state index is -0.380. The molecule has 0 radical (unpaired) electrons. The number of hydrogen-bond acceptors (Lipinski definition) is 3. The van der Waals surface area contributed by atoms with E-state index in [4.69, 9.17) is 5.41 Å². The average Bonchev–Trinajstić information content (AvgIpc) is 3.14. The van der Waals surface area contributed by atoms with Gasteiger partial charge in [0, 0.05) is 34.3 Å². The number of aromatic amines is 1. The topological polar surface area (TPSA) is 80.2 Å². The maximum absolute atomic E-state index is 13.0. The van der Waals surface area contributed by atoms with Gasteiger partial charge in [0.05, 0.1) is 11.6 Å². The largest absolute Gasteiger partial charge is 0.509 e. The summed E-state index contributed by atoms with van der Waals surface area (Å²) in [5, 5.41) is 20.0. The lowest BCUT2D eigenvalue weighted by Crippen LogP contribution is -2.47. The molecule has 1 aromatic carbocycles. The highest BCUT2D eigenvalue weighted by molar-refractivity contribution is 6.22. The number of aliphatic hydroxyl groups is 1. The van der Waals surface area contributed by atoms with Crippen LogP contribution in [0.3, 0.4) is 0 Å². The highest BCUT2D eigenvalue weighted by Crippen LogP contribution is 2.58. The second-order valence-corrected chi connectivity index (χ2v) is 8.08. The van der Waals surface area contributed by atoms with Crippen LogP contribution in [-0.4, -0.2) is 38.2 Å². The van der Waals surface area contributed by atoms with Gasteiger partial charge < -0.3 is 20.4 Å². The third-order valence-corrected chi connectivity index (χ3v) is 6.55. The van der Waals surface area contributed by atoms with Crippen LogP contribution in [0.25, 0.3) is 10.9 Å². The van der Waals surface area contributed by atoms with Crippen molar-refractivity contribution in [3.05, 3.63) is 46.9 Å². The minimum Gasteiger partial charge on any atom is -0.509 e. The molecule has 0 bridgehead atoms. The fraction of sp³-hybridized carbons (Fsp3) is 0.400. The quantitative estimate of drug-likeness (QED) is 0.699. The molecule has 128 valence electrons. The van der Waals surface area contributed by atoms with E-state index in [-0.39, 0.29) is 46.4 Å². The fourth-order valence-corrected chi connectivity index (χ4v) is 5.49. The molecule has 1 amide bonds. The number of hydrogen-bond donors (Lipinski definition) is 3. The summed E-state index contributed by atoms with van der Waals surface area (Å²) in [5.41, 5.74) is 3.55. The monoisotopic (exact) mass is 335 g/mol. The summed E-state index contributed by atoms with van der Waals surface area (Å²) in [5.74, 6) is 0.168. The van der Waals surface area contributed by atoms with E-state index in [0.29, 0.717) is 0 Å². The molecule has 0 spiro atoms. The zero-order chi connectivity index (χ0) is 17.7. The van der Waals surface area contributed by atoms with Crippen LogP contribution in [0.4, 0.5) is 0 Å². The number of rotatable bonds is 1. The summed E-state index contributed by atoms with van der Waals surface area (Å²) in [6.07, 6.45) is 2.93. The molecule has 1 aromatic heterocycles. The summed E-state index contributed by atoms with van der Waals surface area (Å²) in [6, 6.07) is 5.94. The Morgan fingerprint density at radius 1 is 1.40 bits per heavy atom. The van der Waals surface area contributed by atoms with Gasteiger partial charge in [0.2, 0.25) is 0 Å². The number of nitrogens with one attached hydrogen (secondary N) is 2. The molecule has 5 heteroatoms.